The Balaban J connectivity index is 2.32. The van der Waals surface area contributed by atoms with Gasteiger partial charge in [-0.15, -0.1) is 0 Å². The van der Waals surface area contributed by atoms with Gasteiger partial charge in [-0.1, -0.05) is 6.92 Å². The maximum atomic E-state index is 11.4. The van der Waals surface area contributed by atoms with Gasteiger partial charge in [0.2, 0.25) is 5.91 Å². The number of piperidine rings is 1. The molecule has 2 amide bonds. The second-order valence-corrected chi connectivity index (χ2v) is 4.20. The molecular formula is C10H19N3O3. The number of likely N-dealkylation sites (tertiary alicyclic amines) is 1. The van der Waals surface area contributed by atoms with E-state index in [0.717, 1.165) is 13.0 Å². The number of alkyl carbamates (subject to hydrolysis) is 1. The summed E-state index contributed by atoms with van der Waals surface area (Å²) in [5.74, 6) is 0.133. The number of nitrogens with zero attached hydrogens (tertiary/aromatic N) is 1. The normalized spacial score (nSPS) is 26.2. The average molecular weight is 229 g/mol. The molecule has 1 aliphatic rings. The average Bonchev–Trinajstić information content (AvgIpc) is 2.23. The van der Waals surface area contributed by atoms with Crippen LogP contribution in [0.2, 0.25) is 0 Å². The maximum Gasteiger partial charge on any atom is 0.413 e. The van der Waals surface area contributed by atoms with E-state index in [1.54, 1.807) is 0 Å². The summed E-state index contributed by atoms with van der Waals surface area (Å²) >= 11 is 0. The topological polar surface area (TPSA) is 84.7 Å². The highest BCUT2D eigenvalue weighted by Gasteiger charge is 2.24. The number of rotatable bonds is 2. The van der Waals surface area contributed by atoms with Crippen LogP contribution >= 0.6 is 0 Å². The minimum absolute atomic E-state index is 0.0969. The predicted octanol–water partition coefficient (Wildman–Crippen LogP) is -0.462. The summed E-state index contributed by atoms with van der Waals surface area (Å²) in [5.41, 5.74) is 5.91. The van der Waals surface area contributed by atoms with E-state index in [1.165, 1.54) is 7.11 Å². The Hall–Kier alpha value is -1.14. The van der Waals surface area contributed by atoms with Crippen LogP contribution in [0.3, 0.4) is 0 Å². The molecule has 1 fully saturated rings. The fourth-order valence-corrected chi connectivity index (χ4v) is 1.72. The Kier molecular flexibility index (Phi) is 4.70. The van der Waals surface area contributed by atoms with Gasteiger partial charge in [0, 0.05) is 12.6 Å². The van der Waals surface area contributed by atoms with Crippen LogP contribution in [0, 0.1) is 5.92 Å². The summed E-state index contributed by atoms with van der Waals surface area (Å²) in [5, 5.41) is 2.12. The monoisotopic (exact) mass is 229 g/mol. The molecule has 16 heavy (non-hydrogen) atoms. The van der Waals surface area contributed by atoms with E-state index in [0.29, 0.717) is 12.5 Å². The van der Waals surface area contributed by atoms with Gasteiger partial charge in [-0.05, 0) is 18.9 Å². The SMILES string of the molecule is COC(=O)NC(=O)CN1CCC(C)C(N)C1. The summed E-state index contributed by atoms with van der Waals surface area (Å²) in [4.78, 5) is 24.1. The molecule has 0 saturated carbocycles. The molecule has 92 valence electrons. The molecule has 0 bridgehead atoms. The number of methoxy groups -OCH3 is 1. The fraction of sp³-hybridized carbons (Fsp3) is 0.800. The first kappa shape index (κ1) is 12.9. The molecule has 2 unspecified atom stereocenters. The lowest BCUT2D eigenvalue weighted by molar-refractivity contribution is -0.121. The minimum Gasteiger partial charge on any atom is -0.453 e. The lowest BCUT2D eigenvalue weighted by Gasteiger charge is -2.34. The molecule has 0 spiro atoms. The highest BCUT2D eigenvalue weighted by atomic mass is 16.5. The molecule has 0 aromatic heterocycles. The molecule has 1 aliphatic heterocycles. The number of nitrogens with one attached hydrogen (secondary N) is 1. The number of carbonyl (C=O) groups is 2. The number of hydrogen-bond donors (Lipinski definition) is 2. The van der Waals surface area contributed by atoms with Crippen LogP contribution in [-0.2, 0) is 9.53 Å². The lowest BCUT2D eigenvalue weighted by Crippen LogP contribution is -2.50. The Labute approximate surface area is 95.1 Å². The van der Waals surface area contributed by atoms with Crippen molar-refractivity contribution >= 4 is 12.0 Å². The zero-order valence-corrected chi connectivity index (χ0v) is 9.73. The molecule has 0 radical (unpaired) electrons. The second kappa shape index (κ2) is 5.81. The van der Waals surface area contributed by atoms with Crippen LogP contribution < -0.4 is 11.1 Å². The maximum absolute atomic E-state index is 11.4. The summed E-state index contributed by atoms with van der Waals surface area (Å²) in [6, 6.07) is 0.0969. The van der Waals surface area contributed by atoms with E-state index < -0.39 is 6.09 Å². The van der Waals surface area contributed by atoms with Crippen molar-refractivity contribution in [3.05, 3.63) is 0 Å². The van der Waals surface area contributed by atoms with Crippen LogP contribution in [0.5, 0.6) is 0 Å². The van der Waals surface area contributed by atoms with E-state index in [4.69, 9.17) is 5.73 Å². The van der Waals surface area contributed by atoms with Crippen molar-refractivity contribution in [2.75, 3.05) is 26.7 Å². The number of amides is 2. The molecule has 6 heteroatoms. The molecule has 0 aromatic carbocycles. The first-order chi connectivity index (χ1) is 7.52. The third-order valence-electron chi connectivity index (χ3n) is 2.89. The number of carbonyl (C=O) groups excluding carboxylic acids is 2. The smallest absolute Gasteiger partial charge is 0.413 e. The molecular weight excluding hydrogens is 210 g/mol. The number of imide groups is 1. The van der Waals surface area contributed by atoms with E-state index >= 15 is 0 Å². The zero-order chi connectivity index (χ0) is 12.1. The Morgan fingerprint density at radius 2 is 2.25 bits per heavy atom. The minimum atomic E-state index is -0.723. The van der Waals surface area contributed by atoms with Crippen LogP contribution in [0.1, 0.15) is 13.3 Å². The molecule has 2 atom stereocenters. The molecule has 3 N–H and O–H groups in total. The van der Waals surface area contributed by atoms with Gasteiger partial charge in [0.05, 0.1) is 13.7 Å². The van der Waals surface area contributed by atoms with Crippen molar-refractivity contribution in [3.63, 3.8) is 0 Å². The van der Waals surface area contributed by atoms with Gasteiger partial charge >= 0.3 is 6.09 Å². The molecule has 1 rings (SSSR count). The van der Waals surface area contributed by atoms with Crippen molar-refractivity contribution in [1.29, 1.82) is 0 Å². The first-order valence-corrected chi connectivity index (χ1v) is 5.38. The Morgan fingerprint density at radius 3 is 2.81 bits per heavy atom. The fourth-order valence-electron chi connectivity index (χ4n) is 1.72. The van der Waals surface area contributed by atoms with Crippen LogP contribution in [0.4, 0.5) is 4.79 Å². The van der Waals surface area contributed by atoms with Gasteiger partial charge in [0.25, 0.3) is 0 Å². The van der Waals surface area contributed by atoms with Gasteiger partial charge < -0.3 is 10.5 Å². The Morgan fingerprint density at radius 1 is 1.56 bits per heavy atom. The number of hydrogen-bond acceptors (Lipinski definition) is 5. The van der Waals surface area contributed by atoms with Crippen molar-refractivity contribution in [2.24, 2.45) is 11.7 Å². The third kappa shape index (κ3) is 3.79. The van der Waals surface area contributed by atoms with E-state index in [1.807, 2.05) is 4.90 Å². The van der Waals surface area contributed by atoms with E-state index in [9.17, 15) is 9.59 Å². The van der Waals surface area contributed by atoms with Crippen LogP contribution in [-0.4, -0.2) is 49.7 Å². The number of ether oxygens (including phenoxy) is 1. The van der Waals surface area contributed by atoms with Crippen molar-refractivity contribution in [1.82, 2.24) is 10.2 Å². The van der Waals surface area contributed by atoms with Crippen molar-refractivity contribution < 1.29 is 14.3 Å². The van der Waals surface area contributed by atoms with Gasteiger partial charge in [0.15, 0.2) is 0 Å². The van der Waals surface area contributed by atoms with Gasteiger partial charge in [-0.25, -0.2) is 4.79 Å². The van der Waals surface area contributed by atoms with Gasteiger partial charge in [-0.2, -0.15) is 0 Å². The van der Waals surface area contributed by atoms with E-state index in [2.05, 4.69) is 17.0 Å². The third-order valence-corrected chi connectivity index (χ3v) is 2.89. The predicted molar refractivity (Wildman–Crippen MR) is 58.7 cm³/mol. The largest absolute Gasteiger partial charge is 0.453 e. The van der Waals surface area contributed by atoms with Crippen molar-refractivity contribution in [3.8, 4) is 0 Å². The molecule has 1 heterocycles. The van der Waals surface area contributed by atoms with Crippen LogP contribution in [0.25, 0.3) is 0 Å². The highest BCUT2D eigenvalue weighted by molar-refractivity contribution is 5.92. The van der Waals surface area contributed by atoms with Gasteiger partial charge in [0.1, 0.15) is 0 Å². The molecule has 6 nitrogen and oxygen atoms in total. The lowest BCUT2D eigenvalue weighted by atomic mass is 9.94. The molecule has 1 saturated heterocycles. The number of nitrogens with two attached hydrogens (primary N) is 1. The van der Waals surface area contributed by atoms with Crippen LogP contribution in [0.15, 0.2) is 0 Å². The summed E-state index contributed by atoms with van der Waals surface area (Å²) in [7, 11) is 1.22. The van der Waals surface area contributed by atoms with Crippen molar-refractivity contribution in [2.45, 2.75) is 19.4 Å². The molecule has 0 aromatic rings. The van der Waals surface area contributed by atoms with Gasteiger partial charge in [-0.3, -0.25) is 15.0 Å². The highest BCUT2D eigenvalue weighted by Crippen LogP contribution is 2.14. The Bertz CT molecular complexity index is 270. The quantitative estimate of drug-likeness (QED) is 0.669. The summed E-state index contributed by atoms with van der Waals surface area (Å²) in [6.07, 6.45) is 0.256. The molecule has 0 aliphatic carbocycles. The summed E-state index contributed by atoms with van der Waals surface area (Å²) in [6.45, 7) is 3.82. The second-order valence-electron chi connectivity index (χ2n) is 4.20. The first-order valence-electron chi connectivity index (χ1n) is 5.38. The van der Waals surface area contributed by atoms with E-state index in [-0.39, 0.29) is 18.5 Å². The zero-order valence-electron chi connectivity index (χ0n) is 9.73. The summed E-state index contributed by atoms with van der Waals surface area (Å²) < 4.78 is 4.33. The standard InChI is InChI=1S/C10H19N3O3/c1-7-3-4-13(5-8(7)11)6-9(14)12-10(15)16-2/h7-8H,3-6,11H2,1-2H3,(H,12,14,15).